The van der Waals surface area contributed by atoms with Crippen LogP contribution in [0, 0.1) is 3.57 Å². The predicted molar refractivity (Wildman–Crippen MR) is 69.4 cm³/mol. The standard InChI is InChI=1S/C11H7IO2S/c12-8-3-1-2-7(6-8)9-4-5-10(15-9)11(13)14/h1-6H,(H,13,14). The largest absolute Gasteiger partial charge is 0.477 e. The minimum Gasteiger partial charge on any atom is -0.477 e. The van der Waals surface area contributed by atoms with Gasteiger partial charge in [0.05, 0.1) is 0 Å². The van der Waals surface area contributed by atoms with Gasteiger partial charge in [0.1, 0.15) is 4.88 Å². The van der Waals surface area contributed by atoms with E-state index in [0.29, 0.717) is 4.88 Å². The fourth-order valence-electron chi connectivity index (χ4n) is 1.25. The summed E-state index contributed by atoms with van der Waals surface area (Å²) in [4.78, 5) is 12.1. The maximum absolute atomic E-state index is 10.7. The van der Waals surface area contributed by atoms with Gasteiger partial charge in [-0.1, -0.05) is 12.1 Å². The van der Waals surface area contributed by atoms with Crippen LogP contribution in [0.4, 0.5) is 0 Å². The summed E-state index contributed by atoms with van der Waals surface area (Å²) in [5.41, 5.74) is 1.07. The number of aromatic carboxylic acids is 1. The Morgan fingerprint density at radius 1 is 1.27 bits per heavy atom. The zero-order chi connectivity index (χ0) is 10.8. The molecule has 2 rings (SSSR count). The summed E-state index contributed by atoms with van der Waals surface area (Å²) in [6, 6.07) is 11.5. The van der Waals surface area contributed by atoms with Crippen LogP contribution in [0.2, 0.25) is 0 Å². The third kappa shape index (κ3) is 2.38. The van der Waals surface area contributed by atoms with Gasteiger partial charge in [0.15, 0.2) is 0 Å². The first kappa shape index (κ1) is 10.6. The van der Waals surface area contributed by atoms with Crippen molar-refractivity contribution in [2.45, 2.75) is 0 Å². The molecule has 0 saturated carbocycles. The summed E-state index contributed by atoms with van der Waals surface area (Å²) in [6.45, 7) is 0. The molecule has 0 bridgehead atoms. The summed E-state index contributed by atoms with van der Waals surface area (Å²) in [7, 11) is 0. The summed E-state index contributed by atoms with van der Waals surface area (Å²) in [5.74, 6) is -0.864. The van der Waals surface area contributed by atoms with E-state index < -0.39 is 5.97 Å². The lowest BCUT2D eigenvalue weighted by atomic mass is 10.2. The fraction of sp³-hybridized carbons (Fsp3) is 0. The van der Waals surface area contributed by atoms with Crippen LogP contribution in [0.1, 0.15) is 9.67 Å². The Hall–Kier alpha value is -0.880. The number of carboxylic acids is 1. The highest BCUT2D eigenvalue weighted by Gasteiger charge is 2.08. The summed E-state index contributed by atoms with van der Waals surface area (Å²) in [5, 5.41) is 8.81. The van der Waals surface area contributed by atoms with Crippen LogP contribution in [-0.4, -0.2) is 11.1 Å². The minimum absolute atomic E-state index is 0.379. The van der Waals surface area contributed by atoms with Crippen molar-refractivity contribution in [3.63, 3.8) is 0 Å². The highest BCUT2D eigenvalue weighted by atomic mass is 127. The minimum atomic E-state index is -0.864. The number of halogens is 1. The smallest absolute Gasteiger partial charge is 0.345 e. The second kappa shape index (κ2) is 4.32. The van der Waals surface area contributed by atoms with Crippen LogP contribution >= 0.6 is 33.9 Å². The van der Waals surface area contributed by atoms with Crippen LogP contribution in [0.5, 0.6) is 0 Å². The van der Waals surface area contributed by atoms with Gasteiger partial charge in [-0.25, -0.2) is 4.79 Å². The van der Waals surface area contributed by atoms with Crippen LogP contribution in [0.3, 0.4) is 0 Å². The van der Waals surface area contributed by atoms with E-state index in [1.54, 1.807) is 6.07 Å². The third-order valence-electron chi connectivity index (χ3n) is 1.93. The van der Waals surface area contributed by atoms with E-state index in [1.165, 1.54) is 11.3 Å². The normalized spacial score (nSPS) is 10.2. The average molecular weight is 330 g/mol. The Morgan fingerprint density at radius 3 is 2.67 bits per heavy atom. The van der Waals surface area contributed by atoms with Gasteiger partial charge in [0, 0.05) is 8.45 Å². The number of hydrogen-bond donors (Lipinski definition) is 1. The summed E-state index contributed by atoms with van der Waals surface area (Å²) < 4.78 is 1.15. The highest BCUT2D eigenvalue weighted by Crippen LogP contribution is 2.28. The zero-order valence-corrected chi connectivity index (χ0v) is 10.6. The molecule has 15 heavy (non-hydrogen) atoms. The van der Waals surface area contributed by atoms with Gasteiger partial charge in [-0.05, 0) is 52.4 Å². The number of thiophene rings is 1. The molecule has 1 aromatic heterocycles. The van der Waals surface area contributed by atoms with Crippen LogP contribution in [-0.2, 0) is 0 Å². The van der Waals surface area contributed by atoms with Crippen LogP contribution < -0.4 is 0 Å². The SMILES string of the molecule is O=C(O)c1ccc(-c2cccc(I)c2)s1. The molecule has 0 atom stereocenters. The molecule has 4 heteroatoms. The topological polar surface area (TPSA) is 37.3 Å². The van der Waals surface area contributed by atoms with Gasteiger partial charge in [-0.2, -0.15) is 0 Å². The molecular formula is C11H7IO2S. The highest BCUT2D eigenvalue weighted by molar-refractivity contribution is 14.1. The van der Waals surface area contributed by atoms with Gasteiger partial charge in [-0.3, -0.25) is 0 Å². The van der Waals surface area contributed by atoms with Crippen LogP contribution in [0.15, 0.2) is 36.4 Å². The van der Waals surface area contributed by atoms with Crippen LogP contribution in [0.25, 0.3) is 10.4 Å². The number of rotatable bonds is 2. The van der Waals surface area contributed by atoms with Gasteiger partial charge >= 0.3 is 5.97 Å². The molecule has 0 saturated heterocycles. The third-order valence-corrected chi connectivity index (χ3v) is 3.72. The first-order valence-electron chi connectivity index (χ1n) is 4.26. The monoisotopic (exact) mass is 330 g/mol. The Balaban J connectivity index is 2.41. The Morgan fingerprint density at radius 2 is 2.07 bits per heavy atom. The van der Waals surface area contributed by atoms with E-state index in [2.05, 4.69) is 22.6 Å². The van der Waals surface area contributed by atoms with Crippen molar-refractivity contribution in [2.24, 2.45) is 0 Å². The molecule has 0 fully saturated rings. The van der Waals surface area contributed by atoms with E-state index in [9.17, 15) is 4.79 Å². The molecule has 2 nitrogen and oxygen atoms in total. The van der Waals surface area contributed by atoms with E-state index >= 15 is 0 Å². The molecule has 1 N–H and O–H groups in total. The second-order valence-electron chi connectivity index (χ2n) is 2.98. The summed E-state index contributed by atoms with van der Waals surface area (Å²) >= 11 is 3.54. The van der Waals surface area contributed by atoms with Gasteiger partial charge in [-0.15, -0.1) is 11.3 Å². The number of hydrogen-bond acceptors (Lipinski definition) is 2. The van der Waals surface area contributed by atoms with Gasteiger partial charge in [0.2, 0.25) is 0 Å². The van der Waals surface area contributed by atoms with Gasteiger partial charge in [0.25, 0.3) is 0 Å². The van der Waals surface area contributed by atoms with Crippen molar-refractivity contribution in [2.75, 3.05) is 0 Å². The maximum atomic E-state index is 10.7. The Bertz CT molecular complexity index is 505. The lowest BCUT2D eigenvalue weighted by Crippen LogP contribution is -1.89. The average Bonchev–Trinajstić information content (AvgIpc) is 2.66. The molecular weight excluding hydrogens is 323 g/mol. The molecule has 0 radical (unpaired) electrons. The predicted octanol–water partition coefficient (Wildman–Crippen LogP) is 3.72. The molecule has 1 heterocycles. The molecule has 0 aliphatic heterocycles. The lowest BCUT2D eigenvalue weighted by molar-refractivity contribution is 0.0702. The molecule has 0 spiro atoms. The van der Waals surface area contributed by atoms with E-state index in [0.717, 1.165) is 14.0 Å². The Kier molecular flexibility index (Phi) is 3.06. The second-order valence-corrected chi connectivity index (χ2v) is 5.31. The number of benzene rings is 1. The molecule has 76 valence electrons. The van der Waals surface area contributed by atoms with Gasteiger partial charge < -0.3 is 5.11 Å². The Labute approximate surface area is 105 Å². The maximum Gasteiger partial charge on any atom is 0.345 e. The lowest BCUT2D eigenvalue weighted by Gasteiger charge is -1.97. The molecule has 2 aromatic rings. The van der Waals surface area contributed by atoms with Crippen molar-refractivity contribution in [1.29, 1.82) is 0 Å². The quantitative estimate of drug-likeness (QED) is 0.852. The van der Waals surface area contributed by atoms with E-state index in [1.807, 2.05) is 30.3 Å². The first-order chi connectivity index (χ1) is 7.16. The van der Waals surface area contributed by atoms with Crippen molar-refractivity contribution >= 4 is 39.9 Å². The molecule has 0 amide bonds. The number of carbonyl (C=O) groups is 1. The first-order valence-corrected chi connectivity index (χ1v) is 6.15. The summed E-state index contributed by atoms with van der Waals surface area (Å²) in [6.07, 6.45) is 0. The molecule has 0 unspecified atom stereocenters. The molecule has 1 aromatic carbocycles. The zero-order valence-electron chi connectivity index (χ0n) is 7.61. The van der Waals surface area contributed by atoms with Crippen molar-refractivity contribution in [3.8, 4) is 10.4 Å². The van der Waals surface area contributed by atoms with E-state index in [-0.39, 0.29) is 0 Å². The molecule has 0 aliphatic rings. The van der Waals surface area contributed by atoms with Crippen molar-refractivity contribution in [1.82, 2.24) is 0 Å². The number of carboxylic acid groups (broad SMARTS) is 1. The van der Waals surface area contributed by atoms with E-state index in [4.69, 9.17) is 5.11 Å². The fourth-order valence-corrected chi connectivity index (χ4v) is 2.63. The van der Waals surface area contributed by atoms with Crippen molar-refractivity contribution < 1.29 is 9.90 Å². The molecule has 0 aliphatic carbocycles. The van der Waals surface area contributed by atoms with Crippen molar-refractivity contribution in [3.05, 3.63) is 44.8 Å².